The number of benzene rings is 1. The molecule has 2 heteroatoms. The summed E-state index contributed by atoms with van der Waals surface area (Å²) in [5.74, 6) is 1.60. The zero-order chi connectivity index (χ0) is 13.1. The summed E-state index contributed by atoms with van der Waals surface area (Å²) in [7, 11) is 4.62. The van der Waals surface area contributed by atoms with Gasteiger partial charge in [0.15, 0.2) is 0 Å². The van der Waals surface area contributed by atoms with E-state index in [-0.39, 0.29) is 0 Å². The van der Waals surface area contributed by atoms with Crippen molar-refractivity contribution >= 4 is 5.69 Å². The summed E-state index contributed by atoms with van der Waals surface area (Å²) in [5.41, 5.74) is 4.47. The summed E-state index contributed by atoms with van der Waals surface area (Å²) in [4.78, 5) is 5.17. The van der Waals surface area contributed by atoms with E-state index in [4.69, 9.17) is 0 Å². The Morgan fingerprint density at radius 3 is 2.84 bits per heavy atom. The van der Waals surface area contributed by atoms with Crippen LogP contribution in [0.2, 0.25) is 0 Å². The molecule has 102 valence electrons. The molecule has 3 heterocycles. The Morgan fingerprint density at radius 1 is 1.16 bits per heavy atom. The number of rotatable bonds is 0. The molecule has 4 unspecified atom stereocenters. The molecule has 19 heavy (non-hydrogen) atoms. The van der Waals surface area contributed by atoms with E-state index in [0.717, 1.165) is 23.9 Å². The molecule has 2 saturated heterocycles. The first kappa shape index (κ1) is 11.8. The standard InChI is InChI=1S/C17H24N2/c1-11-4-5-12-8-17(11)18(2)10-15-14(12)9-13-6-7-16(15)19(13)3/h4-5,8,13-16H,6-7,9-10H2,1-3H3. The quantitative estimate of drug-likeness (QED) is 0.704. The van der Waals surface area contributed by atoms with E-state index in [1.807, 2.05) is 0 Å². The van der Waals surface area contributed by atoms with E-state index in [1.54, 1.807) is 5.56 Å². The molecule has 3 aliphatic heterocycles. The van der Waals surface area contributed by atoms with Crippen LogP contribution >= 0.6 is 0 Å². The molecule has 0 aliphatic carbocycles. The molecule has 0 aromatic heterocycles. The van der Waals surface area contributed by atoms with Crippen LogP contribution in [0.25, 0.3) is 0 Å². The van der Waals surface area contributed by atoms with Gasteiger partial charge in [-0.2, -0.15) is 0 Å². The number of aryl methyl sites for hydroxylation is 1. The van der Waals surface area contributed by atoms with Gasteiger partial charge in [-0.3, -0.25) is 0 Å². The highest BCUT2D eigenvalue weighted by Crippen LogP contribution is 2.48. The molecule has 1 aromatic rings. The van der Waals surface area contributed by atoms with Crippen LogP contribution in [-0.2, 0) is 0 Å². The fourth-order valence-electron chi connectivity index (χ4n) is 4.89. The van der Waals surface area contributed by atoms with Crippen molar-refractivity contribution in [2.45, 2.75) is 44.2 Å². The lowest BCUT2D eigenvalue weighted by Crippen LogP contribution is -2.48. The first-order valence-electron chi connectivity index (χ1n) is 7.69. The lowest BCUT2D eigenvalue weighted by atomic mass is 9.76. The third-order valence-electron chi connectivity index (χ3n) is 5.99. The van der Waals surface area contributed by atoms with E-state index in [9.17, 15) is 0 Å². The maximum absolute atomic E-state index is 2.68. The van der Waals surface area contributed by atoms with E-state index < -0.39 is 0 Å². The molecule has 3 aliphatic rings. The molecule has 0 N–H and O–H groups in total. The Balaban J connectivity index is 1.80. The summed E-state index contributed by atoms with van der Waals surface area (Å²) in [6, 6.07) is 8.81. The summed E-state index contributed by atoms with van der Waals surface area (Å²) < 4.78 is 0. The monoisotopic (exact) mass is 256 g/mol. The molecule has 4 atom stereocenters. The van der Waals surface area contributed by atoms with Gasteiger partial charge in [-0.15, -0.1) is 0 Å². The second-order valence-corrected chi connectivity index (χ2v) is 6.90. The molecule has 0 spiro atoms. The number of nitrogens with zero attached hydrogens (tertiary/aromatic N) is 2. The van der Waals surface area contributed by atoms with E-state index in [0.29, 0.717) is 0 Å². The van der Waals surface area contributed by atoms with Gasteiger partial charge in [-0.05, 0) is 62.3 Å². The van der Waals surface area contributed by atoms with Crippen molar-refractivity contribution in [1.29, 1.82) is 0 Å². The van der Waals surface area contributed by atoms with Crippen molar-refractivity contribution in [3.05, 3.63) is 29.3 Å². The van der Waals surface area contributed by atoms with Gasteiger partial charge < -0.3 is 9.80 Å². The molecule has 0 amide bonds. The third kappa shape index (κ3) is 1.59. The highest BCUT2D eigenvalue weighted by Gasteiger charge is 2.46. The van der Waals surface area contributed by atoms with Crippen molar-refractivity contribution in [1.82, 2.24) is 4.90 Å². The SMILES string of the molecule is Cc1ccc2cc1N(C)CC1C2CC2CCC1N2C. The molecule has 2 nitrogen and oxygen atoms in total. The average Bonchev–Trinajstić information content (AvgIpc) is 2.59. The third-order valence-corrected chi connectivity index (χ3v) is 5.99. The molecular weight excluding hydrogens is 232 g/mol. The fourth-order valence-corrected chi connectivity index (χ4v) is 4.89. The van der Waals surface area contributed by atoms with Crippen molar-refractivity contribution in [3.8, 4) is 0 Å². The topological polar surface area (TPSA) is 6.48 Å². The maximum Gasteiger partial charge on any atom is 0.0396 e. The molecule has 4 bridgehead atoms. The van der Waals surface area contributed by atoms with E-state index in [2.05, 4.69) is 49.0 Å². The van der Waals surface area contributed by atoms with Gasteiger partial charge in [0.1, 0.15) is 0 Å². The smallest absolute Gasteiger partial charge is 0.0396 e. The summed E-state index contributed by atoms with van der Waals surface area (Å²) in [6.07, 6.45) is 4.19. The summed E-state index contributed by atoms with van der Waals surface area (Å²) in [5, 5.41) is 0. The Labute approximate surface area is 116 Å². The zero-order valence-electron chi connectivity index (χ0n) is 12.3. The number of anilines is 1. The van der Waals surface area contributed by atoms with Gasteiger partial charge in [0, 0.05) is 31.4 Å². The number of piperidine rings is 1. The lowest BCUT2D eigenvalue weighted by Gasteiger charge is -2.43. The number of fused-ring (bicyclic) bond motifs is 7. The molecule has 2 fully saturated rings. The van der Waals surface area contributed by atoms with Crippen LogP contribution in [-0.4, -0.2) is 37.6 Å². The van der Waals surface area contributed by atoms with E-state index >= 15 is 0 Å². The Hall–Kier alpha value is -1.02. The van der Waals surface area contributed by atoms with Crippen molar-refractivity contribution in [2.24, 2.45) is 5.92 Å². The van der Waals surface area contributed by atoms with Crippen LogP contribution in [0.5, 0.6) is 0 Å². The average molecular weight is 256 g/mol. The number of hydrogen-bond donors (Lipinski definition) is 0. The predicted molar refractivity (Wildman–Crippen MR) is 79.9 cm³/mol. The van der Waals surface area contributed by atoms with Gasteiger partial charge in [0.2, 0.25) is 0 Å². The minimum absolute atomic E-state index is 0.790. The predicted octanol–water partition coefficient (Wildman–Crippen LogP) is 3.01. The molecule has 1 aromatic carbocycles. The van der Waals surface area contributed by atoms with Gasteiger partial charge in [-0.1, -0.05) is 12.1 Å². The lowest BCUT2D eigenvalue weighted by molar-refractivity contribution is 0.104. The highest BCUT2D eigenvalue weighted by atomic mass is 15.2. The molecule has 4 rings (SSSR count). The van der Waals surface area contributed by atoms with Gasteiger partial charge in [-0.25, -0.2) is 0 Å². The van der Waals surface area contributed by atoms with Crippen LogP contribution < -0.4 is 4.90 Å². The van der Waals surface area contributed by atoms with Crippen molar-refractivity contribution in [3.63, 3.8) is 0 Å². The fraction of sp³-hybridized carbons (Fsp3) is 0.647. The van der Waals surface area contributed by atoms with Crippen LogP contribution in [0.3, 0.4) is 0 Å². The Kier molecular flexibility index (Phi) is 2.47. The minimum Gasteiger partial charge on any atom is -0.374 e. The molecule has 0 radical (unpaired) electrons. The second kappa shape index (κ2) is 3.99. The van der Waals surface area contributed by atoms with Crippen LogP contribution in [0, 0.1) is 12.8 Å². The number of hydrogen-bond acceptors (Lipinski definition) is 2. The zero-order valence-corrected chi connectivity index (χ0v) is 12.3. The second-order valence-electron chi connectivity index (χ2n) is 6.90. The summed E-state index contributed by atoms with van der Waals surface area (Å²) >= 11 is 0. The summed E-state index contributed by atoms with van der Waals surface area (Å²) in [6.45, 7) is 3.46. The maximum atomic E-state index is 2.68. The normalized spacial score (nSPS) is 37.1. The largest absolute Gasteiger partial charge is 0.374 e. The van der Waals surface area contributed by atoms with Crippen molar-refractivity contribution in [2.75, 3.05) is 25.5 Å². The Bertz CT molecular complexity index is 510. The van der Waals surface area contributed by atoms with Crippen LogP contribution in [0.4, 0.5) is 5.69 Å². The molecule has 0 saturated carbocycles. The van der Waals surface area contributed by atoms with Crippen molar-refractivity contribution < 1.29 is 0 Å². The Morgan fingerprint density at radius 2 is 2.00 bits per heavy atom. The van der Waals surface area contributed by atoms with Crippen LogP contribution in [0.1, 0.15) is 36.3 Å². The highest BCUT2D eigenvalue weighted by molar-refractivity contribution is 5.56. The van der Waals surface area contributed by atoms with Gasteiger partial charge in [0.25, 0.3) is 0 Å². The van der Waals surface area contributed by atoms with Gasteiger partial charge >= 0.3 is 0 Å². The van der Waals surface area contributed by atoms with Crippen LogP contribution in [0.15, 0.2) is 18.2 Å². The van der Waals surface area contributed by atoms with E-state index in [1.165, 1.54) is 37.1 Å². The van der Waals surface area contributed by atoms with Gasteiger partial charge in [0.05, 0.1) is 0 Å². The first-order chi connectivity index (χ1) is 9.15. The minimum atomic E-state index is 0.790. The first-order valence-corrected chi connectivity index (χ1v) is 7.69. The molecular formula is C17H24N2.